The Labute approximate surface area is 169 Å². The van der Waals surface area contributed by atoms with Crippen molar-refractivity contribution < 1.29 is 14.0 Å². The number of likely N-dealkylation sites (tertiary alicyclic amines) is 1. The van der Waals surface area contributed by atoms with E-state index in [0.29, 0.717) is 24.7 Å². The summed E-state index contributed by atoms with van der Waals surface area (Å²) in [7, 11) is 0. The summed E-state index contributed by atoms with van der Waals surface area (Å²) in [5.74, 6) is 0.639. The van der Waals surface area contributed by atoms with Crippen LogP contribution in [0.1, 0.15) is 30.2 Å². The number of hydrogen-bond acceptors (Lipinski definition) is 4. The Morgan fingerprint density at radius 3 is 2.90 bits per heavy atom. The van der Waals surface area contributed by atoms with Crippen molar-refractivity contribution in [2.45, 2.75) is 25.7 Å². The molecule has 2 heterocycles. The second-order valence-corrected chi connectivity index (χ2v) is 7.38. The van der Waals surface area contributed by atoms with Crippen LogP contribution in [0.4, 0.5) is 10.5 Å². The van der Waals surface area contributed by atoms with Gasteiger partial charge in [0.1, 0.15) is 5.52 Å². The molecule has 3 aromatic rings. The fourth-order valence-corrected chi connectivity index (χ4v) is 3.64. The summed E-state index contributed by atoms with van der Waals surface area (Å²) in [6, 6.07) is 14.8. The lowest BCUT2D eigenvalue weighted by molar-refractivity contribution is -0.131. The largest absolute Gasteiger partial charge is 0.440 e. The summed E-state index contributed by atoms with van der Waals surface area (Å²) in [5.41, 5.74) is 3.35. The van der Waals surface area contributed by atoms with Crippen molar-refractivity contribution in [3.63, 3.8) is 0 Å². The van der Waals surface area contributed by atoms with Gasteiger partial charge in [-0.05, 0) is 49.6 Å². The molecule has 1 saturated heterocycles. The molecule has 0 aliphatic carbocycles. The number of piperidine rings is 1. The number of rotatable bonds is 4. The first-order valence-electron chi connectivity index (χ1n) is 9.83. The molecule has 0 spiro atoms. The van der Waals surface area contributed by atoms with E-state index >= 15 is 0 Å². The molecule has 0 radical (unpaired) electrons. The molecule has 150 valence electrons. The summed E-state index contributed by atoms with van der Waals surface area (Å²) in [5, 5.41) is 5.39. The number of para-hydroxylation sites is 2. The van der Waals surface area contributed by atoms with E-state index in [4.69, 9.17) is 4.42 Å². The van der Waals surface area contributed by atoms with Crippen LogP contribution in [0.5, 0.6) is 0 Å². The predicted molar refractivity (Wildman–Crippen MR) is 111 cm³/mol. The van der Waals surface area contributed by atoms with E-state index in [9.17, 15) is 9.59 Å². The molecule has 2 N–H and O–H groups in total. The normalized spacial score (nSPS) is 16.6. The summed E-state index contributed by atoms with van der Waals surface area (Å²) in [6.07, 6.45) is 1.81. The zero-order chi connectivity index (χ0) is 20.2. The summed E-state index contributed by atoms with van der Waals surface area (Å²) in [4.78, 5) is 31.0. The number of urea groups is 1. The van der Waals surface area contributed by atoms with Gasteiger partial charge in [0.05, 0.1) is 12.5 Å². The lowest BCUT2D eigenvalue weighted by Crippen LogP contribution is -2.45. The van der Waals surface area contributed by atoms with Crippen molar-refractivity contribution in [1.29, 1.82) is 0 Å². The summed E-state index contributed by atoms with van der Waals surface area (Å²) in [6.45, 7) is 3.14. The monoisotopic (exact) mass is 392 g/mol. The molecule has 1 atom stereocenters. The van der Waals surface area contributed by atoms with Gasteiger partial charge in [0.25, 0.3) is 0 Å². The Morgan fingerprint density at radius 2 is 2.07 bits per heavy atom. The number of amides is 3. The van der Waals surface area contributed by atoms with E-state index in [1.54, 1.807) is 4.90 Å². The minimum Gasteiger partial charge on any atom is -0.440 e. The van der Waals surface area contributed by atoms with Crippen LogP contribution < -0.4 is 10.6 Å². The summed E-state index contributed by atoms with van der Waals surface area (Å²) < 4.78 is 5.88. The zero-order valence-corrected chi connectivity index (χ0v) is 16.4. The van der Waals surface area contributed by atoms with Crippen molar-refractivity contribution in [3.8, 4) is 0 Å². The number of carbonyl (C=O) groups is 2. The van der Waals surface area contributed by atoms with Crippen LogP contribution in [-0.2, 0) is 4.79 Å². The molecule has 1 aliphatic rings. The number of benzene rings is 2. The number of nitrogens with zero attached hydrogens (tertiary/aromatic N) is 2. The highest BCUT2D eigenvalue weighted by molar-refractivity contribution is 5.92. The number of hydrogen-bond donors (Lipinski definition) is 2. The third-order valence-corrected chi connectivity index (χ3v) is 5.11. The molecule has 29 heavy (non-hydrogen) atoms. The van der Waals surface area contributed by atoms with Crippen molar-refractivity contribution in [1.82, 2.24) is 15.2 Å². The molecular weight excluding hydrogens is 368 g/mol. The maximum atomic E-state index is 12.6. The highest BCUT2D eigenvalue weighted by Crippen LogP contribution is 2.28. The molecule has 1 fully saturated rings. The minimum absolute atomic E-state index is 0.0437. The summed E-state index contributed by atoms with van der Waals surface area (Å²) >= 11 is 0. The Morgan fingerprint density at radius 1 is 1.21 bits per heavy atom. The average molecular weight is 392 g/mol. The fourth-order valence-electron chi connectivity index (χ4n) is 3.64. The van der Waals surface area contributed by atoms with Gasteiger partial charge in [0.15, 0.2) is 11.5 Å². The number of aryl methyl sites for hydroxylation is 1. The van der Waals surface area contributed by atoms with Crippen molar-refractivity contribution in [2.24, 2.45) is 0 Å². The van der Waals surface area contributed by atoms with Gasteiger partial charge in [0, 0.05) is 18.8 Å². The smallest absolute Gasteiger partial charge is 0.319 e. The van der Waals surface area contributed by atoms with Crippen molar-refractivity contribution in [3.05, 3.63) is 60.0 Å². The third-order valence-electron chi connectivity index (χ3n) is 5.11. The maximum Gasteiger partial charge on any atom is 0.319 e. The average Bonchev–Trinajstić information content (AvgIpc) is 3.16. The van der Waals surface area contributed by atoms with Gasteiger partial charge in [-0.1, -0.05) is 24.3 Å². The van der Waals surface area contributed by atoms with Gasteiger partial charge < -0.3 is 20.0 Å². The van der Waals surface area contributed by atoms with E-state index in [1.165, 1.54) is 0 Å². The molecule has 1 aliphatic heterocycles. The van der Waals surface area contributed by atoms with Crippen molar-refractivity contribution in [2.75, 3.05) is 25.0 Å². The Kier molecular flexibility index (Phi) is 5.46. The van der Waals surface area contributed by atoms with Gasteiger partial charge in [-0.2, -0.15) is 0 Å². The standard InChI is InChI=1S/C22H24N4O3/c1-15-6-4-8-17(12-15)24-22(28)23-13-20(27)26-11-5-7-16(14-26)21-25-18-9-2-3-10-19(18)29-21/h2-4,6,8-10,12,16H,5,7,11,13-14H2,1H3,(H2,23,24,28). The maximum absolute atomic E-state index is 12.6. The van der Waals surface area contributed by atoms with Crippen LogP contribution in [0, 0.1) is 6.92 Å². The Hall–Kier alpha value is -3.35. The molecule has 7 heteroatoms. The third kappa shape index (κ3) is 4.56. The predicted octanol–water partition coefficient (Wildman–Crippen LogP) is 3.66. The van der Waals surface area contributed by atoms with E-state index < -0.39 is 6.03 Å². The molecule has 3 amide bonds. The first-order chi connectivity index (χ1) is 14.1. The number of nitrogens with one attached hydrogen (secondary N) is 2. The number of carbonyl (C=O) groups excluding carboxylic acids is 2. The topological polar surface area (TPSA) is 87.5 Å². The van der Waals surface area contributed by atoms with E-state index in [1.807, 2.05) is 55.5 Å². The Balaban J connectivity index is 1.32. The molecule has 1 unspecified atom stereocenters. The first kappa shape index (κ1) is 19.0. The van der Waals surface area contributed by atoms with Gasteiger partial charge in [-0.25, -0.2) is 9.78 Å². The zero-order valence-electron chi connectivity index (χ0n) is 16.4. The number of fused-ring (bicyclic) bond motifs is 1. The first-order valence-corrected chi connectivity index (χ1v) is 9.83. The lowest BCUT2D eigenvalue weighted by Gasteiger charge is -2.31. The fraction of sp³-hybridized carbons (Fsp3) is 0.318. The van der Waals surface area contributed by atoms with Gasteiger partial charge in [-0.3, -0.25) is 4.79 Å². The van der Waals surface area contributed by atoms with Crippen LogP contribution in [0.25, 0.3) is 11.1 Å². The highest BCUT2D eigenvalue weighted by atomic mass is 16.3. The molecule has 0 saturated carbocycles. The van der Waals surface area contributed by atoms with Crippen LogP contribution in [0.2, 0.25) is 0 Å². The van der Waals surface area contributed by atoms with Crippen LogP contribution >= 0.6 is 0 Å². The Bertz CT molecular complexity index is 997. The molecule has 2 aromatic carbocycles. The van der Waals surface area contributed by atoms with Crippen LogP contribution in [-0.4, -0.2) is 41.5 Å². The number of anilines is 1. The van der Waals surface area contributed by atoms with E-state index in [0.717, 1.165) is 29.5 Å². The van der Waals surface area contributed by atoms with Crippen molar-refractivity contribution >= 4 is 28.7 Å². The van der Waals surface area contributed by atoms with E-state index in [2.05, 4.69) is 15.6 Å². The van der Waals surface area contributed by atoms with Crippen LogP contribution in [0.3, 0.4) is 0 Å². The molecular formula is C22H24N4O3. The van der Waals surface area contributed by atoms with Gasteiger partial charge in [0.2, 0.25) is 5.91 Å². The minimum atomic E-state index is -0.392. The molecule has 7 nitrogen and oxygen atoms in total. The second-order valence-electron chi connectivity index (χ2n) is 7.38. The quantitative estimate of drug-likeness (QED) is 0.709. The van der Waals surface area contributed by atoms with E-state index in [-0.39, 0.29) is 18.4 Å². The number of oxazole rings is 1. The molecule has 4 rings (SSSR count). The lowest BCUT2D eigenvalue weighted by atomic mass is 9.98. The second kappa shape index (κ2) is 8.34. The SMILES string of the molecule is Cc1cccc(NC(=O)NCC(=O)N2CCCC(c3nc4ccccc4o3)C2)c1. The molecule has 1 aromatic heterocycles. The number of aromatic nitrogens is 1. The van der Waals surface area contributed by atoms with Gasteiger partial charge >= 0.3 is 6.03 Å². The molecule has 0 bridgehead atoms. The highest BCUT2D eigenvalue weighted by Gasteiger charge is 2.28. The van der Waals surface area contributed by atoms with Crippen LogP contribution in [0.15, 0.2) is 52.9 Å². The van der Waals surface area contributed by atoms with Gasteiger partial charge in [-0.15, -0.1) is 0 Å².